The first kappa shape index (κ1) is 21.5. The maximum absolute atomic E-state index is 13.8. The molecule has 0 radical (unpaired) electrons. The Balaban J connectivity index is 2.05. The molecule has 2 atom stereocenters. The van der Waals surface area contributed by atoms with Crippen LogP contribution in [0, 0.1) is 11.8 Å². The zero-order valence-electron chi connectivity index (χ0n) is 15.1. The number of anilines is 1. The molecule has 30 heavy (non-hydrogen) atoms. The van der Waals surface area contributed by atoms with Gasteiger partial charge in [-0.25, -0.2) is 4.98 Å². The van der Waals surface area contributed by atoms with Crippen molar-refractivity contribution in [2.24, 2.45) is 5.11 Å². The molecule has 0 unspecified atom stereocenters. The molecule has 2 heterocycles. The van der Waals surface area contributed by atoms with Gasteiger partial charge < -0.3 is 5.11 Å². The van der Waals surface area contributed by atoms with Crippen molar-refractivity contribution in [1.29, 1.82) is 0 Å². The van der Waals surface area contributed by atoms with E-state index in [0.717, 1.165) is 4.90 Å². The number of fused-ring (bicyclic) bond motifs is 1. The molecule has 1 aromatic carbocycles. The summed E-state index contributed by atoms with van der Waals surface area (Å²) in [5.74, 6) is 2.76. The van der Waals surface area contributed by atoms with Crippen LogP contribution in [0.15, 0.2) is 47.7 Å². The second-order valence-corrected chi connectivity index (χ2v) is 6.79. The SMILES string of the molecule is [N-]=[N+]=N[C@@H](C(=O)N1CCc2cccnc21)[C@@](O)(C#Cc1ccc(Cl)cc1)C(F)(F)F. The molecule has 2 aromatic rings. The highest BCUT2D eigenvalue weighted by Crippen LogP contribution is 2.37. The third kappa shape index (κ3) is 4.04. The molecule has 11 heteroatoms. The van der Waals surface area contributed by atoms with Crippen molar-refractivity contribution in [3.63, 3.8) is 0 Å². The number of benzene rings is 1. The van der Waals surface area contributed by atoms with E-state index in [0.29, 0.717) is 17.0 Å². The molecule has 0 spiro atoms. The van der Waals surface area contributed by atoms with Gasteiger partial charge in [0, 0.05) is 28.2 Å². The number of amides is 1. The maximum Gasteiger partial charge on any atom is 0.429 e. The van der Waals surface area contributed by atoms with Gasteiger partial charge in [-0.15, -0.1) is 0 Å². The lowest BCUT2D eigenvalue weighted by Crippen LogP contribution is -2.58. The van der Waals surface area contributed by atoms with Crippen molar-refractivity contribution in [2.45, 2.75) is 24.2 Å². The largest absolute Gasteiger partial charge is 0.429 e. The molecule has 1 N–H and O–H groups in total. The van der Waals surface area contributed by atoms with Crippen molar-refractivity contribution in [3.8, 4) is 11.8 Å². The van der Waals surface area contributed by atoms with Gasteiger partial charge in [0.15, 0.2) is 6.04 Å². The fourth-order valence-electron chi connectivity index (χ4n) is 2.93. The van der Waals surface area contributed by atoms with Gasteiger partial charge in [0.25, 0.3) is 0 Å². The summed E-state index contributed by atoms with van der Waals surface area (Å²) in [5.41, 5.74) is 5.64. The van der Waals surface area contributed by atoms with Crippen LogP contribution in [-0.4, -0.2) is 40.4 Å². The summed E-state index contributed by atoms with van der Waals surface area (Å²) in [4.78, 5) is 20.2. The number of carbonyl (C=O) groups is 1. The summed E-state index contributed by atoms with van der Waals surface area (Å²) in [5, 5.41) is 13.8. The van der Waals surface area contributed by atoms with Crippen molar-refractivity contribution in [1.82, 2.24) is 4.98 Å². The Kier molecular flexibility index (Phi) is 5.89. The number of aliphatic hydroxyl groups is 1. The van der Waals surface area contributed by atoms with Crippen LogP contribution in [0.4, 0.5) is 19.0 Å². The van der Waals surface area contributed by atoms with E-state index in [1.165, 1.54) is 30.5 Å². The fraction of sp³-hybridized carbons (Fsp3) is 0.263. The smallest absolute Gasteiger partial charge is 0.369 e. The van der Waals surface area contributed by atoms with E-state index in [4.69, 9.17) is 17.1 Å². The van der Waals surface area contributed by atoms with E-state index < -0.39 is 23.7 Å². The number of rotatable bonds is 3. The third-order valence-corrected chi connectivity index (χ3v) is 4.72. The second-order valence-electron chi connectivity index (χ2n) is 6.35. The number of carbonyl (C=O) groups excluding carboxylic acids is 1. The lowest BCUT2D eigenvalue weighted by Gasteiger charge is -2.32. The number of alkyl halides is 3. The van der Waals surface area contributed by atoms with Crippen LogP contribution in [0.25, 0.3) is 10.4 Å². The molecule has 3 rings (SSSR count). The molecule has 1 aliphatic rings. The summed E-state index contributed by atoms with van der Waals surface area (Å²) in [6.07, 6.45) is -3.66. The third-order valence-electron chi connectivity index (χ3n) is 4.46. The molecule has 1 amide bonds. The molecule has 7 nitrogen and oxygen atoms in total. The Bertz CT molecular complexity index is 1070. The second kappa shape index (κ2) is 8.24. The van der Waals surface area contributed by atoms with Gasteiger partial charge in [0.1, 0.15) is 5.82 Å². The predicted octanol–water partition coefficient (Wildman–Crippen LogP) is 3.65. The van der Waals surface area contributed by atoms with E-state index in [9.17, 15) is 23.1 Å². The zero-order chi connectivity index (χ0) is 21.9. The molecule has 154 valence electrons. The van der Waals surface area contributed by atoms with E-state index in [1.54, 1.807) is 18.1 Å². The highest BCUT2D eigenvalue weighted by Gasteiger charge is 2.61. The van der Waals surface area contributed by atoms with Gasteiger partial charge >= 0.3 is 6.18 Å². The molecule has 1 aliphatic heterocycles. The Morgan fingerprint density at radius 3 is 2.67 bits per heavy atom. The Morgan fingerprint density at radius 1 is 1.33 bits per heavy atom. The van der Waals surface area contributed by atoms with Crippen molar-refractivity contribution in [2.75, 3.05) is 11.4 Å². The molecular formula is C19H13ClF3N5O2. The summed E-state index contributed by atoms with van der Waals surface area (Å²) in [7, 11) is 0. The van der Waals surface area contributed by atoms with Crippen molar-refractivity contribution in [3.05, 3.63) is 69.2 Å². The Labute approximate surface area is 173 Å². The summed E-state index contributed by atoms with van der Waals surface area (Å²) in [6, 6.07) is 6.22. The molecule has 1 aromatic heterocycles. The number of aromatic nitrogens is 1. The average Bonchev–Trinajstić information content (AvgIpc) is 3.14. The van der Waals surface area contributed by atoms with Gasteiger partial charge in [-0.05, 0) is 47.8 Å². The summed E-state index contributed by atoms with van der Waals surface area (Å²) < 4.78 is 41.5. The van der Waals surface area contributed by atoms with Crippen molar-refractivity contribution >= 4 is 23.3 Å². The van der Waals surface area contributed by atoms with Crippen LogP contribution in [0.5, 0.6) is 0 Å². The number of halogens is 4. The minimum atomic E-state index is -5.40. The quantitative estimate of drug-likeness (QED) is 0.344. The lowest BCUT2D eigenvalue weighted by atomic mass is 9.92. The molecule has 0 bridgehead atoms. The number of hydrogen-bond donors (Lipinski definition) is 1. The van der Waals surface area contributed by atoms with Gasteiger partial charge in [-0.3, -0.25) is 9.69 Å². The first-order valence-corrected chi connectivity index (χ1v) is 8.92. The monoisotopic (exact) mass is 435 g/mol. The summed E-state index contributed by atoms with van der Waals surface area (Å²) in [6.45, 7) is 0.0289. The van der Waals surface area contributed by atoms with Crippen LogP contribution in [0.3, 0.4) is 0 Å². The van der Waals surface area contributed by atoms with Crippen LogP contribution in [0.1, 0.15) is 11.1 Å². The van der Waals surface area contributed by atoms with E-state index in [-0.39, 0.29) is 17.9 Å². The van der Waals surface area contributed by atoms with Gasteiger partial charge in [-0.2, -0.15) is 13.2 Å². The number of pyridine rings is 1. The fourth-order valence-corrected chi connectivity index (χ4v) is 3.05. The average molecular weight is 436 g/mol. The van der Waals surface area contributed by atoms with Crippen LogP contribution >= 0.6 is 11.6 Å². The zero-order valence-corrected chi connectivity index (χ0v) is 15.9. The first-order valence-electron chi connectivity index (χ1n) is 8.54. The Hall–Kier alpha value is -3.25. The van der Waals surface area contributed by atoms with E-state index >= 15 is 0 Å². The topological polar surface area (TPSA) is 102 Å². The molecular weight excluding hydrogens is 423 g/mol. The minimum Gasteiger partial charge on any atom is -0.369 e. The highest BCUT2D eigenvalue weighted by atomic mass is 35.5. The molecule has 0 aliphatic carbocycles. The van der Waals surface area contributed by atoms with E-state index in [1.807, 2.05) is 0 Å². The lowest BCUT2D eigenvalue weighted by molar-refractivity contribution is -0.240. The van der Waals surface area contributed by atoms with Crippen LogP contribution in [0.2, 0.25) is 5.02 Å². The van der Waals surface area contributed by atoms with Crippen LogP contribution in [-0.2, 0) is 11.2 Å². The minimum absolute atomic E-state index is 0.0289. The number of azide groups is 1. The predicted molar refractivity (Wildman–Crippen MR) is 103 cm³/mol. The normalized spacial score (nSPS) is 15.8. The summed E-state index contributed by atoms with van der Waals surface area (Å²) >= 11 is 5.73. The Morgan fingerprint density at radius 2 is 2.03 bits per heavy atom. The number of nitrogens with zero attached hydrogens (tertiary/aromatic N) is 5. The highest BCUT2D eigenvalue weighted by molar-refractivity contribution is 6.30. The van der Waals surface area contributed by atoms with Crippen LogP contribution < -0.4 is 4.90 Å². The molecule has 0 saturated carbocycles. The van der Waals surface area contributed by atoms with E-state index in [2.05, 4.69) is 20.9 Å². The number of hydrogen-bond acceptors (Lipinski definition) is 4. The molecule has 0 fully saturated rings. The first-order chi connectivity index (χ1) is 14.2. The van der Waals surface area contributed by atoms with Crippen molar-refractivity contribution < 1.29 is 23.1 Å². The standard InChI is InChI=1S/C19H13ClF3N5O2/c20-14-5-3-12(4-6-14)7-9-18(30,19(21,22)23)15(26-27-24)17(29)28-11-8-13-2-1-10-25-16(13)28/h1-6,10,15,30H,8,11H2/t15-,18-/m0/s1. The van der Waals surface area contributed by atoms with Gasteiger partial charge in [-0.1, -0.05) is 34.6 Å². The van der Waals surface area contributed by atoms with Gasteiger partial charge in [0.05, 0.1) is 0 Å². The molecule has 0 saturated heterocycles. The van der Waals surface area contributed by atoms with Gasteiger partial charge in [0.2, 0.25) is 11.5 Å². The maximum atomic E-state index is 13.8.